The normalized spacial score (nSPS) is 11.9. The molecular weight excluding hydrogens is 438 g/mol. The van der Waals surface area contributed by atoms with E-state index in [1.807, 2.05) is 27.7 Å². The standard InChI is InChI=1S/C23H28ClNO5S/c1-16(2)13-25(14-17(3)4)31(28,29)21-11-7-19(8-12-21)23(27)30-15-22(26)18-5-9-20(24)10-6-18/h5-12,16-17H,13-15H2,1-4H3. The summed E-state index contributed by atoms with van der Waals surface area (Å²) in [5.74, 6) is -0.698. The van der Waals surface area contributed by atoms with E-state index in [1.54, 1.807) is 24.3 Å². The van der Waals surface area contributed by atoms with Crippen LogP contribution in [0.1, 0.15) is 48.4 Å². The van der Waals surface area contributed by atoms with Gasteiger partial charge in [-0.15, -0.1) is 0 Å². The van der Waals surface area contributed by atoms with E-state index in [-0.39, 0.29) is 28.1 Å². The maximum absolute atomic E-state index is 13.0. The van der Waals surface area contributed by atoms with E-state index in [2.05, 4.69) is 0 Å². The second kappa shape index (κ2) is 10.9. The largest absolute Gasteiger partial charge is 0.454 e. The fraction of sp³-hybridized carbons (Fsp3) is 0.391. The fourth-order valence-corrected chi connectivity index (χ4v) is 4.82. The van der Waals surface area contributed by atoms with Crippen molar-refractivity contribution in [2.75, 3.05) is 19.7 Å². The maximum Gasteiger partial charge on any atom is 0.338 e. The number of ketones is 1. The molecule has 0 radical (unpaired) electrons. The number of Topliss-reactive ketones (excluding diaryl/α,β-unsaturated/α-hetero) is 1. The van der Waals surface area contributed by atoms with Gasteiger partial charge in [-0.3, -0.25) is 4.79 Å². The van der Waals surface area contributed by atoms with Crippen LogP contribution in [0.3, 0.4) is 0 Å². The molecule has 0 N–H and O–H groups in total. The third-order valence-corrected chi connectivity index (χ3v) is 6.46. The predicted octanol–water partition coefficient (Wildman–Crippen LogP) is 4.68. The highest BCUT2D eigenvalue weighted by Crippen LogP contribution is 2.20. The average Bonchev–Trinajstić information content (AvgIpc) is 2.71. The Hall–Kier alpha value is -2.22. The molecule has 0 aliphatic carbocycles. The summed E-state index contributed by atoms with van der Waals surface area (Å²) in [5, 5.41) is 0.504. The van der Waals surface area contributed by atoms with E-state index >= 15 is 0 Å². The third kappa shape index (κ3) is 7.16. The number of sulfonamides is 1. The second-order valence-corrected chi connectivity index (χ2v) is 10.5. The van der Waals surface area contributed by atoms with Gasteiger partial charge in [-0.1, -0.05) is 39.3 Å². The van der Waals surface area contributed by atoms with Crippen molar-refractivity contribution in [3.05, 3.63) is 64.7 Å². The summed E-state index contributed by atoms with van der Waals surface area (Å²) in [6.07, 6.45) is 0. The van der Waals surface area contributed by atoms with Crippen LogP contribution in [0.15, 0.2) is 53.4 Å². The van der Waals surface area contributed by atoms with Gasteiger partial charge in [0.25, 0.3) is 0 Å². The number of halogens is 1. The topological polar surface area (TPSA) is 80.8 Å². The molecular formula is C23H28ClNO5S. The summed E-state index contributed by atoms with van der Waals surface area (Å²) >= 11 is 5.79. The molecule has 2 rings (SSSR count). The summed E-state index contributed by atoms with van der Waals surface area (Å²) < 4.78 is 32.6. The number of hydrogen-bond donors (Lipinski definition) is 0. The highest BCUT2D eigenvalue weighted by atomic mass is 35.5. The lowest BCUT2D eigenvalue weighted by Gasteiger charge is -2.25. The monoisotopic (exact) mass is 465 g/mol. The Morgan fingerprint density at radius 1 is 0.871 bits per heavy atom. The Morgan fingerprint density at radius 2 is 1.35 bits per heavy atom. The zero-order valence-electron chi connectivity index (χ0n) is 18.2. The third-order valence-electron chi connectivity index (χ3n) is 4.37. The molecule has 0 heterocycles. The molecule has 168 valence electrons. The van der Waals surface area contributed by atoms with E-state index in [1.165, 1.54) is 28.6 Å². The molecule has 2 aromatic rings. The molecule has 0 saturated carbocycles. The number of carbonyl (C=O) groups is 2. The highest BCUT2D eigenvalue weighted by molar-refractivity contribution is 7.89. The Labute approximate surface area is 189 Å². The smallest absolute Gasteiger partial charge is 0.338 e. The lowest BCUT2D eigenvalue weighted by molar-refractivity contribution is 0.0474. The number of nitrogens with zero attached hydrogens (tertiary/aromatic N) is 1. The van der Waals surface area contributed by atoms with Crippen LogP contribution in [-0.2, 0) is 14.8 Å². The Morgan fingerprint density at radius 3 is 1.84 bits per heavy atom. The van der Waals surface area contributed by atoms with Gasteiger partial charge in [0.1, 0.15) is 0 Å². The SMILES string of the molecule is CC(C)CN(CC(C)C)S(=O)(=O)c1ccc(C(=O)OCC(=O)c2ccc(Cl)cc2)cc1. The van der Waals surface area contributed by atoms with Gasteiger partial charge in [0, 0.05) is 23.7 Å². The Kier molecular flexibility index (Phi) is 8.79. The minimum absolute atomic E-state index is 0.114. The Bertz CT molecular complexity index is 989. The molecule has 0 aromatic heterocycles. The molecule has 0 aliphatic rings. The molecule has 0 atom stereocenters. The van der Waals surface area contributed by atoms with Crippen LogP contribution < -0.4 is 0 Å². The molecule has 31 heavy (non-hydrogen) atoms. The molecule has 0 spiro atoms. The van der Waals surface area contributed by atoms with Gasteiger partial charge in [0.2, 0.25) is 10.0 Å². The first kappa shape index (κ1) is 25.0. The van der Waals surface area contributed by atoms with Crippen LogP contribution >= 0.6 is 11.6 Å². The lowest BCUT2D eigenvalue weighted by Crippen LogP contribution is -2.37. The van der Waals surface area contributed by atoms with Crippen LogP contribution in [0.5, 0.6) is 0 Å². The molecule has 0 saturated heterocycles. The van der Waals surface area contributed by atoms with Crippen LogP contribution in [0, 0.1) is 11.8 Å². The lowest BCUT2D eigenvalue weighted by atomic mass is 10.1. The van der Waals surface area contributed by atoms with Gasteiger partial charge >= 0.3 is 5.97 Å². The molecule has 0 unspecified atom stereocenters. The van der Waals surface area contributed by atoms with Crippen LogP contribution in [0.25, 0.3) is 0 Å². The van der Waals surface area contributed by atoms with Crippen molar-refractivity contribution in [3.63, 3.8) is 0 Å². The first-order valence-electron chi connectivity index (χ1n) is 10.1. The van der Waals surface area contributed by atoms with Crippen molar-refractivity contribution < 1.29 is 22.7 Å². The van der Waals surface area contributed by atoms with Gasteiger partial charge in [-0.25, -0.2) is 13.2 Å². The quantitative estimate of drug-likeness (QED) is 0.376. The zero-order chi connectivity index (χ0) is 23.2. The van der Waals surface area contributed by atoms with E-state index in [9.17, 15) is 18.0 Å². The minimum Gasteiger partial charge on any atom is -0.454 e. The average molecular weight is 466 g/mol. The maximum atomic E-state index is 13.0. The number of ether oxygens (including phenoxy) is 1. The number of esters is 1. The van der Waals surface area contributed by atoms with Crippen molar-refractivity contribution in [2.45, 2.75) is 32.6 Å². The van der Waals surface area contributed by atoms with E-state index in [0.717, 1.165) is 0 Å². The number of carbonyl (C=O) groups excluding carboxylic acids is 2. The number of rotatable bonds is 10. The summed E-state index contributed by atoms with van der Waals surface area (Å²) in [7, 11) is -3.68. The summed E-state index contributed by atoms with van der Waals surface area (Å²) in [4.78, 5) is 24.5. The molecule has 0 amide bonds. The number of hydrogen-bond acceptors (Lipinski definition) is 5. The van der Waals surface area contributed by atoms with Crippen LogP contribution in [0.4, 0.5) is 0 Å². The van der Waals surface area contributed by atoms with Crippen LogP contribution in [0.2, 0.25) is 5.02 Å². The van der Waals surface area contributed by atoms with Crippen molar-refractivity contribution >= 4 is 33.4 Å². The summed E-state index contributed by atoms with van der Waals surface area (Å²) in [6, 6.07) is 11.8. The molecule has 2 aromatic carbocycles. The van der Waals surface area contributed by atoms with Gasteiger partial charge < -0.3 is 4.74 Å². The van der Waals surface area contributed by atoms with E-state index in [0.29, 0.717) is 23.7 Å². The van der Waals surface area contributed by atoms with E-state index < -0.39 is 22.6 Å². The molecule has 6 nitrogen and oxygen atoms in total. The summed E-state index contributed by atoms with van der Waals surface area (Å²) in [5.41, 5.74) is 0.552. The van der Waals surface area contributed by atoms with Gasteiger partial charge in [-0.2, -0.15) is 4.31 Å². The highest BCUT2D eigenvalue weighted by Gasteiger charge is 2.26. The van der Waals surface area contributed by atoms with Gasteiger partial charge in [0.15, 0.2) is 12.4 Å². The predicted molar refractivity (Wildman–Crippen MR) is 121 cm³/mol. The van der Waals surface area contributed by atoms with Crippen molar-refractivity contribution in [1.82, 2.24) is 4.31 Å². The number of benzene rings is 2. The van der Waals surface area contributed by atoms with Crippen LogP contribution in [-0.4, -0.2) is 44.2 Å². The molecule has 0 bridgehead atoms. The molecule has 8 heteroatoms. The minimum atomic E-state index is -3.68. The summed E-state index contributed by atoms with van der Waals surface area (Å²) in [6.45, 7) is 8.27. The van der Waals surface area contributed by atoms with Crippen molar-refractivity contribution in [1.29, 1.82) is 0 Å². The second-order valence-electron chi connectivity index (χ2n) is 8.14. The van der Waals surface area contributed by atoms with Gasteiger partial charge in [0.05, 0.1) is 10.5 Å². The Balaban J connectivity index is 2.07. The zero-order valence-corrected chi connectivity index (χ0v) is 19.7. The molecule has 0 aliphatic heterocycles. The van der Waals surface area contributed by atoms with Gasteiger partial charge in [-0.05, 0) is 60.4 Å². The molecule has 0 fully saturated rings. The van der Waals surface area contributed by atoms with E-state index in [4.69, 9.17) is 16.3 Å². The van der Waals surface area contributed by atoms with Crippen molar-refractivity contribution in [3.8, 4) is 0 Å². The first-order valence-corrected chi connectivity index (χ1v) is 11.9. The fourth-order valence-electron chi connectivity index (χ4n) is 2.93. The van der Waals surface area contributed by atoms with Crippen molar-refractivity contribution in [2.24, 2.45) is 11.8 Å². The first-order chi connectivity index (χ1) is 14.5.